The van der Waals surface area contributed by atoms with Crippen molar-refractivity contribution in [2.24, 2.45) is 0 Å². The quantitative estimate of drug-likeness (QED) is 0.900. The molecule has 4 heteroatoms. The van der Waals surface area contributed by atoms with E-state index in [2.05, 4.69) is 40.5 Å². The minimum atomic E-state index is 0. The summed E-state index contributed by atoms with van der Waals surface area (Å²) in [7, 11) is 0. The van der Waals surface area contributed by atoms with Crippen LogP contribution >= 0.6 is 24.8 Å². The van der Waals surface area contributed by atoms with Crippen molar-refractivity contribution in [2.45, 2.75) is 31.3 Å². The van der Waals surface area contributed by atoms with Crippen LogP contribution in [0.25, 0.3) is 0 Å². The minimum Gasteiger partial charge on any atom is -0.315 e. The lowest BCUT2D eigenvalue weighted by molar-refractivity contribution is 0.148. The van der Waals surface area contributed by atoms with Crippen molar-refractivity contribution in [3.8, 4) is 0 Å². The van der Waals surface area contributed by atoms with Crippen LogP contribution in [-0.4, -0.2) is 30.1 Å². The summed E-state index contributed by atoms with van der Waals surface area (Å²) >= 11 is 0. The summed E-state index contributed by atoms with van der Waals surface area (Å²) in [5, 5.41) is 3.53. The van der Waals surface area contributed by atoms with Crippen LogP contribution in [0.3, 0.4) is 0 Å². The van der Waals surface area contributed by atoms with Crippen LogP contribution in [0.15, 0.2) is 30.3 Å². The number of nitrogens with zero attached hydrogens (tertiary/aromatic N) is 1. The molecule has 2 heterocycles. The molecule has 1 aromatic carbocycles. The van der Waals surface area contributed by atoms with Crippen LogP contribution in [0.5, 0.6) is 0 Å². The van der Waals surface area contributed by atoms with Gasteiger partial charge < -0.3 is 5.32 Å². The zero-order valence-electron chi connectivity index (χ0n) is 10.6. The summed E-state index contributed by atoms with van der Waals surface area (Å²) in [5.41, 5.74) is 1.94. The van der Waals surface area contributed by atoms with Crippen LogP contribution in [0.4, 0.5) is 0 Å². The molecule has 2 fully saturated rings. The number of rotatable bonds is 2. The normalized spacial score (nSPS) is 26.9. The topological polar surface area (TPSA) is 15.3 Å². The summed E-state index contributed by atoms with van der Waals surface area (Å²) in [4.78, 5) is 2.70. The van der Waals surface area contributed by atoms with E-state index in [1.807, 2.05) is 0 Å². The van der Waals surface area contributed by atoms with E-state index >= 15 is 0 Å². The maximum atomic E-state index is 3.53. The summed E-state index contributed by atoms with van der Waals surface area (Å²) in [6.45, 7) is 4.80. The molecule has 0 unspecified atom stereocenters. The minimum absolute atomic E-state index is 0. The predicted molar refractivity (Wildman–Crippen MR) is 80.8 cm³/mol. The van der Waals surface area contributed by atoms with Crippen LogP contribution < -0.4 is 5.32 Å². The maximum Gasteiger partial charge on any atom is 0.0350 e. The molecule has 1 spiro atoms. The third-order valence-corrected chi connectivity index (χ3v) is 4.18. The van der Waals surface area contributed by atoms with Gasteiger partial charge in [-0.05, 0) is 37.9 Å². The molecule has 2 saturated heterocycles. The molecule has 2 aliphatic rings. The number of hydrogen-bond donors (Lipinski definition) is 1. The fraction of sp³-hybridized carbons (Fsp3) is 0.571. The number of nitrogens with one attached hydrogen (secondary N) is 1. The Hall–Kier alpha value is -0.280. The highest BCUT2D eigenvalue weighted by molar-refractivity contribution is 5.85. The SMILES string of the molecule is Cl.Cl.c1ccc(CN2CCC[C@]23CCNC3)cc1. The highest BCUT2D eigenvalue weighted by Gasteiger charge is 2.42. The zero-order chi connectivity index (χ0) is 10.8. The lowest BCUT2D eigenvalue weighted by Gasteiger charge is -2.34. The summed E-state index contributed by atoms with van der Waals surface area (Å²) in [5.74, 6) is 0. The van der Waals surface area contributed by atoms with Gasteiger partial charge in [0.25, 0.3) is 0 Å². The van der Waals surface area contributed by atoms with E-state index < -0.39 is 0 Å². The Labute approximate surface area is 122 Å². The first-order valence-corrected chi connectivity index (χ1v) is 6.39. The molecule has 1 N–H and O–H groups in total. The predicted octanol–water partition coefficient (Wildman–Crippen LogP) is 2.86. The second-order valence-electron chi connectivity index (χ2n) is 5.16. The van der Waals surface area contributed by atoms with E-state index in [1.165, 1.54) is 44.5 Å². The Morgan fingerprint density at radius 2 is 1.89 bits per heavy atom. The van der Waals surface area contributed by atoms with Crippen molar-refractivity contribution in [1.82, 2.24) is 10.2 Å². The van der Waals surface area contributed by atoms with Crippen LogP contribution in [0.1, 0.15) is 24.8 Å². The van der Waals surface area contributed by atoms with E-state index in [4.69, 9.17) is 0 Å². The molecule has 2 aliphatic heterocycles. The first-order chi connectivity index (χ1) is 7.89. The highest BCUT2D eigenvalue weighted by atomic mass is 35.5. The molecule has 0 saturated carbocycles. The first kappa shape index (κ1) is 15.8. The van der Waals surface area contributed by atoms with Crippen molar-refractivity contribution >= 4 is 24.8 Å². The van der Waals surface area contributed by atoms with E-state index in [1.54, 1.807) is 0 Å². The number of halogens is 2. The fourth-order valence-corrected chi connectivity index (χ4v) is 3.26. The van der Waals surface area contributed by atoms with Gasteiger partial charge in [0.15, 0.2) is 0 Å². The Morgan fingerprint density at radius 3 is 2.56 bits per heavy atom. The molecule has 0 aromatic heterocycles. The number of hydrogen-bond acceptors (Lipinski definition) is 2. The van der Waals surface area contributed by atoms with Crippen molar-refractivity contribution in [3.05, 3.63) is 35.9 Å². The largest absolute Gasteiger partial charge is 0.315 e. The van der Waals surface area contributed by atoms with Gasteiger partial charge in [0.05, 0.1) is 0 Å². The molecule has 1 atom stereocenters. The molecular weight excluding hydrogens is 267 g/mol. The van der Waals surface area contributed by atoms with Gasteiger partial charge in [-0.3, -0.25) is 4.90 Å². The smallest absolute Gasteiger partial charge is 0.0350 e. The first-order valence-electron chi connectivity index (χ1n) is 6.39. The second-order valence-corrected chi connectivity index (χ2v) is 5.16. The molecule has 1 aromatic rings. The van der Waals surface area contributed by atoms with Crippen LogP contribution in [0.2, 0.25) is 0 Å². The molecule has 2 nitrogen and oxygen atoms in total. The summed E-state index contributed by atoms with van der Waals surface area (Å²) < 4.78 is 0. The van der Waals surface area contributed by atoms with Gasteiger partial charge >= 0.3 is 0 Å². The highest BCUT2D eigenvalue weighted by Crippen LogP contribution is 2.35. The molecule has 3 rings (SSSR count). The third kappa shape index (κ3) is 3.00. The van der Waals surface area contributed by atoms with Crippen molar-refractivity contribution in [1.29, 1.82) is 0 Å². The molecule has 0 radical (unpaired) electrons. The summed E-state index contributed by atoms with van der Waals surface area (Å²) in [6.07, 6.45) is 4.08. The molecular formula is C14H22Cl2N2. The van der Waals surface area contributed by atoms with Crippen molar-refractivity contribution < 1.29 is 0 Å². The maximum absolute atomic E-state index is 3.53. The van der Waals surface area contributed by atoms with Crippen LogP contribution in [0, 0.1) is 0 Å². The Balaban J connectivity index is 0.000000810. The van der Waals surface area contributed by atoms with Gasteiger partial charge in [-0.15, -0.1) is 24.8 Å². The van der Waals surface area contributed by atoms with E-state index in [0.717, 1.165) is 6.54 Å². The van der Waals surface area contributed by atoms with Crippen LogP contribution in [-0.2, 0) is 6.54 Å². The average molecular weight is 289 g/mol. The zero-order valence-corrected chi connectivity index (χ0v) is 12.2. The van der Waals surface area contributed by atoms with Crippen molar-refractivity contribution in [2.75, 3.05) is 19.6 Å². The Kier molecular flexibility index (Phi) is 5.93. The number of benzene rings is 1. The summed E-state index contributed by atoms with van der Waals surface area (Å²) in [6, 6.07) is 10.9. The van der Waals surface area contributed by atoms with Gasteiger partial charge in [-0.2, -0.15) is 0 Å². The molecule has 102 valence electrons. The Bertz CT molecular complexity index is 345. The van der Waals surface area contributed by atoms with E-state index in [9.17, 15) is 0 Å². The molecule has 0 aliphatic carbocycles. The average Bonchev–Trinajstić information content (AvgIpc) is 2.93. The van der Waals surface area contributed by atoms with Gasteiger partial charge in [0.2, 0.25) is 0 Å². The van der Waals surface area contributed by atoms with Gasteiger partial charge in [-0.1, -0.05) is 30.3 Å². The van der Waals surface area contributed by atoms with Gasteiger partial charge in [-0.25, -0.2) is 0 Å². The molecule has 18 heavy (non-hydrogen) atoms. The van der Waals surface area contributed by atoms with Gasteiger partial charge in [0, 0.05) is 18.6 Å². The molecule has 0 bridgehead atoms. The van der Waals surface area contributed by atoms with Gasteiger partial charge in [0.1, 0.15) is 0 Å². The Morgan fingerprint density at radius 1 is 1.11 bits per heavy atom. The monoisotopic (exact) mass is 288 g/mol. The fourth-order valence-electron chi connectivity index (χ4n) is 3.26. The van der Waals surface area contributed by atoms with Crippen molar-refractivity contribution in [3.63, 3.8) is 0 Å². The third-order valence-electron chi connectivity index (χ3n) is 4.18. The van der Waals surface area contributed by atoms with E-state index in [0.29, 0.717) is 5.54 Å². The number of likely N-dealkylation sites (tertiary alicyclic amines) is 1. The standard InChI is InChI=1S/C14H20N2.2ClH/c1-2-5-13(6-3-1)11-16-10-4-7-14(16)8-9-15-12-14;;/h1-3,5-6,15H,4,7-12H2;2*1H/t14-;;/m1../s1. The second kappa shape index (κ2) is 6.76. The lowest BCUT2D eigenvalue weighted by Crippen LogP contribution is -2.44. The molecule has 0 amide bonds. The van der Waals surface area contributed by atoms with E-state index in [-0.39, 0.29) is 24.8 Å². The lowest BCUT2D eigenvalue weighted by atomic mass is 9.95.